The lowest BCUT2D eigenvalue weighted by molar-refractivity contribution is 0.0345. The Balaban J connectivity index is 3.73. The molecule has 0 aromatic rings. The monoisotopic (exact) mass is 199 g/mol. The molecule has 3 heteroatoms. The van der Waals surface area contributed by atoms with Gasteiger partial charge in [-0.2, -0.15) is 5.26 Å². The predicted molar refractivity (Wildman–Crippen MR) is 55.5 cm³/mol. The van der Waals surface area contributed by atoms with Crippen LogP contribution in [0.15, 0.2) is 0 Å². The molecule has 0 bridgehead atoms. The van der Waals surface area contributed by atoms with E-state index < -0.39 is 11.7 Å². The highest BCUT2D eigenvalue weighted by atomic mass is 16.3. The van der Waals surface area contributed by atoms with Crippen LogP contribution in [0.2, 0.25) is 0 Å². The molecule has 0 aliphatic heterocycles. The van der Waals surface area contributed by atoms with E-state index in [2.05, 4.69) is 6.07 Å². The van der Waals surface area contributed by atoms with E-state index in [4.69, 9.17) is 5.26 Å². The summed E-state index contributed by atoms with van der Waals surface area (Å²) in [6.45, 7) is 5.41. The number of nitriles is 1. The molecule has 0 aromatic carbocycles. The zero-order chi connectivity index (χ0) is 11.2. The van der Waals surface area contributed by atoms with Gasteiger partial charge in [0, 0.05) is 6.42 Å². The van der Waals surface area contributed by atoms with Gasteiger partial charge in [0.25, 0.3) is 0 Å². The van der Waals surface area contributed by atoms with E-state index in [-0.39, 0.29) is 5.92 Å². The first-order valence-corrected chi connectivity index (χ1v) is 5.14. The predicted octanol–water partition coefficient (Wildman–Crippen LogP) is 1.84. The first kappa shape index (κ1) is 13.4. The number of nitrogens with zero attached hydrogens (tertiary/aromatic N) is 1. The van der Waals surface area contributed by atoms with Gasteiger partial charge in [-0.3, -0.25) is 0 Å². The van der Waals surface area contributed by atoms with Gasteiger partial charge < -0.3 is 10.2 Å². The second kappa shape index (κ2) is 6.00. The fraction of sp³-hybridized carbons (Fsp3) is 0.909. The molecule has 0 aliphatic carbocycles. The van der Waals surface area contributed by atoms with Gasteiger partial charge in [-0.25, -0.2) is 0 Å². The molecular formula is C11H21NO2. The molecule has 0 saturated carbocycles. The molecule has 0 radical (unpaired) electrons. The number of rotatable bonds is 6. The minimum atomic E-state index is -0.712. The van der Waals surface area contributed by atoms with Crippen LogP contribution in [0.25, 0.3) is 0 Å². The van der Waals surface area contributed by atoms with Crippen molar-refractivity contribution in [3.05, 3.63) is 0 Å². The molecule has 2 unspecified atom stereocenters. The minimum absolute atomic E-state index is 0.136. The largest absolute Gasteiger partial charge is 0.393 e. The van der Waals surface area contributed by atoms with Crippen molar-refractivity contribution in [3.8, 4) is 6.07 Å². The van der Waals surface area contributed by atoms with Crippen molar-refractivity contribution in [3.63, 3.8) is 0 Å². The van der Waals surface area contributed by atoms with Crippen molar-refractivity contribution in [2.75, 3.05) is 0 Å². The van der Waals surface area contributed by atoms with Crippen molar-refractivity contribution in [1.82, 2.24) is 0 Å². The van der Waals surface area contributed by atoms with Gasteiger partial charge in [0.05, 0.1) is 17.8 Å². The smallest absolute Gasteiger partial charge is 0.0621 e. The molecular weight excluding hydrogens is 178 g/mol. The Hall–Kier alpha value is -0.590. The highest BCUT2D eigenvalue weighted by Crippen LogP contribution is 2.19. The Labute approximate surface area is 86.4 Å². The number of hydrogen-bond acceptors (Lipinski definition) is 3. The van der Waals surface area contributed by atoms with Crippen LogP contribution in [-0.2, 0) is 0 Å². The first-order valence-electron chi connectivity index (χ1n) is 5.14. The molecule has 0 aliphatic rings. The molecule has 0 spiro atoms. The van der Waals surface area contributed by atoms with Crippen molar-refractivity contribution < 1.29 is 10.2 Å². The molecule has 2 atom stereocenters. The summed E-state index contributed by atoms with van der Waals surface area (Å²) in [6.07, 6.45) is 1.99. The maximum atomic E-state index is 9.69. The lowest BCUT2D eigenvalue weighted by Crippen LogP contribution is -2.24. The van der Waals surface area contributed by atoms with E-state index in [1.165, 1.54) is 0 Å². The second-order valence-corrected chi connectivity index (χ2v) is 4.59. The van der Waals surface area contributed by atoms with Gasteiger partial charge in [-0.15, -0.1) is 0 Å². The molecule has 0 amide bonds. The standard InChI is InChI=1S/C11H21NO2/c1-9(5-4-8-12)10(13)6-7-11(2,3)14/h9-10,13-14H,4-7H2,1-3H3. The molecule has 0 heterocycles. The minimum Gasteiger partial charge on any atom is -0.393 e. The van der Waals surface area contributed by atoms with E-state index in [0.717, 1.165) is 6.42 Å². The normalized spacial score (nSPS) is 16.0. The molecule has 0 saturated heterocycles. The SMILES string of the molecule is CC(CCC#N)C(O)CCC(C)(C)O. The van der Waals surface area contributed by atoms with Gasteiger partial charge >= 0.3 is 0 Å². The number of aliphatic hydroxyl groups is 2. The van der Waals surface area contributed by atoms with E-state index in [1.807, 2.05) is 6.92 Å². The van der Waals surface area contributed by atoms with Gasteiger partial charge in [-0.05, 0) is 39.0 Å². The summed E-state index contributed by atoms with van der Waals surface area (Å²) in [7, 11) is 0. The van der Waals surface area contributed by atoms with Crippen LogP contribution in [-0.4, -0.2) is 21.9 Å². The maximum Gasteiger partial charge on any atom is 0.0621 e. The fourth-order valence-electron chi connectivity index (χ4n) is 1.27. The summed E-state index contributed by atoms with van der Waals surface area (Å²) >= 11 is 0. The summed E-state index contributed by atoms with van der Waals surface area (Å²) < 4.78 is 0. The first-order chi connectivity index (χ1) is 6.37. The molecule has 0 fully saturated rings. The highest BCUT2D eigenvalue weighted by Gasteiger charge is 2.19. The van der Waals surface area contributed by atoms with Crippen LogP contribution in [0.5, 0.6) is 0 Å². The Morgan fingerprint density at radius 2 is 1.93 bits per heavy atom. The third-order valence-corrected chi connectivity index (χ3v) is 2.42. The Bertz CT molecular complexity index is 190. The summed E-state index contributed by atoms with van der Waals surface area (Å²) in [5.41, 5.74) is -0.712. The van der Waals surface area contributed by atoms with Crippen LogP contribution in [0, 0.1) is 17.2 Å². The van der Waals surface area contributed by atoms with Crippen LogP contribution in [0.4, 0.5) is 0 Å². The van der Waals surface area contributed by atoms with E-state index in [9.17, 15) is 10.2 Å². The molecule has 0 rings (SSSR count). The average Bonchev–Trinajstić information content (AvgIpc) is 2.09. The third kappa shape index (κ3) is 6.88. The van der Waals surface area contributed by atoms with Crippen molar-refractivity contribution >= 4 is 0 Å². The molecule has 82 valence electrons. The second-order valence-electron chi connectivity index (χ2n) is 4.59. The summed E-state index contributed by atoms with van der Waals surface area (Å²) in [5, 5.41) is 27.5. The maximum absolute atomic E-state index is 9.69. The Morgan fingerprint density at radius 1 is 1.36 bits per heavy atom. The van der Waals surface area contributed by atoms with Crippen molar-refractivity contribution in [2.45, 2.75) is 58.2 Å². The lowest BCUT2D eigenvalue weighted by Gasteiger charge is -2.22. The van der Waals surface area contributed by atoms with Gasteiger partial charge in [-0.1, -0.05) is 6.92 Å². The van der Waals surface area contributed by atoms with Gasteiger partial charge in [0.15, 0.2) is 0 Å². The topological polar surface area (TPSA) is 64.2 Å². The Morgan fingerprint density at radius 3 is 2.36 bits per heavy atom. The molecule has 3 nitrogen and oxygen atoms in total. The molecule has 0 aromatic heterocycles. The van der Waals surface area contributed by atoms with Crippen molar-refractivity contribution in [2.24, 2.45) is 5.92 Å². The highest BCUT2D eigenvalue weighted by molar-refractivity contribution is 4.75. The van der Waals surface area contributed by atoms with Crippen LogP contribution in [0.3, 0.4) is 0 Å². The average molecular weight is 199 g/mol. The summed E-state index contributed by atoms with van der Waals surface area (Å²) in [6, 6.07) is 2.07. The summed E-state index contributed by atoms with van der Waals surface area (Å²) in [4.78, 5) is 0. The Kier molecular flexibility index (Phi) is 5.75. The van der Waals surface area contributed by atoms with E-state index in [1.54, 1.807) is 13.8 Å². The quantitative estimate of drug-likeness (QED) is 0.686. The summed E-state index contributed by atoms with van der Waals surface area (Å²) in [5.74, 6) is 0.136. The number of hydrogen-bond donors (Lipinski definition) is 2. The third-order valence-electron chi connectivity index (χ3n) is 2.42. The van der Waals surface area contributed by atoms with E-state index >= 15 is 0 Å². The van der Waals surface area contributed by atoms with Gasteiger partial charge in [0.1, 0.15) is 0 Å². The van der Waals surface area contributed by atoms with Crippen molar-refractivity contribution in [1.29, 1.82) is 5.26 Å². The van der Waals surface area contributed by atoms with Crippen LogP contribution < -0.4 is 0 Å². The zero-order valence-corrected chi connectivity index (χ0v) is 9.32. The van der Waals surface area contributed by atoms with Crippen LogP contribution in [0.1, 0.15) is 46.5 Å². The van der Waals surface area contributed by atoms with Crippen LogP contribution >= 0.6 is 0 Å². The number of aliphatic hydroxyl groups excluding tert-OH is 1. The van der Waals surface area contributed by atoms with E-state index in [0.29, 0.717) is 19.3 Å². The molecule has 14 heavy (non-hydrogen) atoms. The zero-order valence-electron chi connectivity index (χ0n) is 9.32. The van der Waals surface area contributed by atoms with Gasteiger partial charge in [0.2, 0.25) is 0 Å². The lowest BCUT2D eigenvalue weighted by atomic mass is 9.92. The molecule has 2 N–H and O–H groups in total. The fourth-order valence-corrected chi connectivity index (χ4v) is 1.27.